The lowest BCUT2D eigenvalue weighted by Crippen LogP contribution is -1.99. The summed E-state index contributed by atoms with van der Waals surface area (Å²) in [6.07, 6.45) is 12.8. The molecule has 0 radical (unpaired) electrons. The normalized spacial score (nSPS) is 12.0. The minimum atomic E-state index is -0.372. The van der Waals surface area contributed by atoms with E-state index in [9.17, 15) is 9.90 Å². The minimum Gasteiger partial charge on any atom is -0.469 e. The molecule has 3 heteroatoms. The van der Waals surface area contributed by atoms with Gasteiger partial charge in [-0.05, 0) is 24.3 Å². The predicted molar refractivity (Wildman–Crippen MR) is 85.1 cm³/mol. The summed E-state index contributed by atoms with van der Waals surface area (Å²) in [4.78, 5) is 10.8. The second-order valence-corrected chi connectivity index (χ2v) is 4.13. The van der Waals surface area contributed by atoms with Crippen LogP contribution in [-0.4, -0.2) is 24.3 Å². The summed E-state index contributed by atoms with van der Waals surface area (Å²) in [7, 11) is 1.35. The van der Waals surface area contributed by atoms with E-state index >= 15 is 0 Å². The van der Waals surface area contributed by atoms with Crippen LogP contribution < -0.4 is 0 Å². The number of hydrogen-bond acceptors (Lipinski definition) is 3. The molecule has 0 aliphatic carbocycles. The van der Waals surface area contributed by atoms with Gasteiger partial charge >= 0.3 is 5.97 Å². The van der Waals surface area contributed by atoms with Gasteiger partial charge in [0.2, 0.25) is 0 Å². The monoisotopic (exact) mass is 286 g/mol. The number of carbonyl (C=O) groups excluding carboxylic acids is 1. The number of aliphatic hydroxyl groups is 1. The van der Waals surface area contributed by atoms with Gasteiger partial charge in [0.15, 0.2) is 0 Å². The van der Waals surface area contributed by atoms with Crippen LogP contribution in [0.3, 0.4) is 0 Å². The van der Waals surface area contributed by atoms with Gasteiger partial charge in [0.1, 0.15) is 0 Å². The molecule has 1 atom stereocenters. The number of esters is 1. The largest absolute Gasteiger partial charge is 0.469 e. The van der Waals surface area contributed by atoms with E-state index in [1.54, 1.807) is 18.2 Å². The molecule has 0 heterocycles. The van der Waals surface area contributed by atoms with Gasteiger partial charge in [-0.15, -0.1) is 0 Å². The van der Waals surface area contributed by atoms with Gasteiger partial charge in [-0.1, -0.05) is 55.6 Å². The quantitative estimate of drug-likeness (QED) is 0.445. The number of allylic oxidation sites excluding steroid dienone is 5. The molecule has 0 spiro atoms. The molecule has 0 aromatic rings. The van der Waals surface area contributed by atoms with Crippen molar-refractivity contribution in [3.05, 3.63) is 36.5 Å². The molecule has 0 aliphatic heterocycles. The average Bonchev–Trinajstić information content (AvgIpc) is 2.48. The maximum absolute atomic E-state index is 10.8. The van der Waals surface area contributed by atoms with Crippen molar-refractivity contribution < 1.29 is 14.6 Å². The molecule has 112 valence electrons. The number of carbonyl (C=O) groups is 1. The van der Waals surface area contributed by atoms with Crippen molar-refractivity contribution in [3.8, 4) is 23.7 Å². The van der Waals surface area contributed by atoms with E-state index in [0.29, 0.717) is 12.8 Å². The van der Waals surface area contributed by atoms with Crippen LogP contribution in [0.25, 0.3) is 0 Å². The Bertz CT molecular complexity index is 490. The minimum absolute atomic E-state index is 0.264. The fourth-order valence-corrected chi connectivity index (χ4v) is 1.27. The standard InChI is InChI=1S/C18H22O3/c1-3-14-17(19)15-12-10-8-6-4-5-7-9-11-13-16-18(20)21-2/h4,6,8,10,12,15,17,19H,3,13-14,16H2,1-2H3/b6-4+,10-8+,15-12+/t17-/m1/s1. The fraction of sp³-hybridized carbons (Fsp3) is 0.389. The zero-order chi connectivity index (χ0) is 15.8. The van der Waals surface area contributed by atoms with Gasteiger partial charge in [0.25, 0.3) is 0 Å². The molecule has 0 fully saturated rings. The van der Waals surface area contributed by atoms with Gasteiger partial charge in [0.05, 0.1) is 19.6 Å². The van der Waals surface area contributed by atoms with E-state index in [-0.39, 0.29) is 12.1 Å². The van der Waals surface area contributed by atoms with Crippen LogP contribution in [0.15, 0.2) is 36.5 Å². The number of hydrogen-bond donors (Lipinski definition) is 1. The first-order valence-corrected chi connectivity index (χ1v) is 6.94. The first-order chi connectivity index (χ1) is 10.2. The third kappa shape index (κ3) is 14.0. The molecule has 0 unspecified atom stereocenters. The maximum Gasteiger partial charge on any atom is 0.306 e. The Kier molecular flexibility index (Phi) is 12.7. The number of ether oxygens (including phenoxy) is 1. The summed E-state index contributed by atoms with van der Waals surface area (Å²) in [6, 6.07) is 0. The summed E-state index contributed by atoms with van der Waals surface area (Å²) in [6.45, 7) is 2.03. The molecular formula is C18H22O3. The smallest absolute Gasteiger partial charge is 0.306 e. The highest BCUT2D eigenvalue weighted by molar-refractivity contribution is 5.69. The molecule has 0 bridgehead atoms. The zero-order valence-corrected chi connectivity index (χ0v) is 12.6. The molecule has 0 aliphatic rings. The summed E-state index contributed by atoms with van der Waals surface area (Å²) in [5.74, 6) is 10.6. The van der Waals surface area contributed by atoms with Gasteiger partial charge in [-0.2, -0.15) is 0 Å². The zero-order valence-electron chi connectivity index (χ0n) is 12.6. The Morgan fingerprint density at radius 3 is 2.71 bits per heavy atom. The molecule has 1 N–H and O–H groups in total. The summed E-state index contributed by atoms with van der Waals surface area (Å²) in [5.41, 5.74) is 0. The van der Waals surface area contributed by atoms with E-state index < -0.39 is 0 Å². The van der Waals surface area contributed by atoms with Crippen molar-refractivity contribution >= 4 is 5.97 Å². The van der Waals surface area contributed by atoms with Crippen LogP contribution in [0.1, 0.15) is 32.6 Å². The van der Waals surface area contributed by atoms with Gasteiger partial charge in [-0.3, -0.25) is 4.79 Å². The third-order valence-corrected chi connectivity index (χ3v) is 2.34. The Hall–Kier alpha value is -2.23. The van der Waals surface area contributed by atoms with Crippen molar-refractivity contribution in [1.82, 2.24) is 0 Å². The van der Waals surface area contributed by atoms with Crippen LogP contribution in [0, 0.1) is 23.7 Å². The summed E-state index contributed by atoms with van der Waals surface area (Å²) < 4.78 is 4.49. The number of aliphatic hydroxyl groups excluding tert-OH is 1. The number of rotatable bonds is 7. The van der Waals surface area contributed by atoms with E-state index in [2.05, 4.69) is 28.4 Å². The molecule has 0 rings (SSSR count). The Morgan fingerprint density at radius 2 is 2.00 bits per heavy atom. The second-order valence-electron chi connectivity index (χ2n) is 4.13. The van der Waals surface area contributed by atoms with Gasteiger partial charge in [0, 0.05) is 6.42 Å². The van der Waals surface area contributed by atoms with E-state index in [1.165, 1.54) is 7.11 Å². The Labute approximate surface area is 127 Å². The van der Waals surface area contributed by atoms with Crippen LogP contribution in [0.5, 0.6) is 0 Å². The molecule has 0 aromatic carbocycles. The lowest BCUT2D eigenvalue weighted by molar-refractivity contribution is -0.140. The lowest BCUT2D eigenvalue weighted by atomic mass is 10.2. The highest BCUT2D eigenvalue weighted by atomic mass is 16.5. The number of methoxy groups -OCH3 is 1. The Morgan fingerprint density at radius 1 is 1.24 bits per heavy atom. The van der Waals surface area contributed by atoms with Crippen LogP contribution in [-0.2, 0) is 9.53 Å². The second kappa shape index (κ2) is 14.2. The van der Waals surface area contributed by atoms with E-state index in [4.69, 9.17) is 0 Å². The van der Waals surface area contributed by atoms with Crippen molar-refractivity contribution in [3.63, 3.8) is 0 Å². The van der Waals surface area contributed by atoms with Crippen molar-refractivity contribution in [2.24, 2.45) is 0 Å². The first-order valence-electron chi connectivity index (χ1n) is 6.94. The van der Waals surface area contributed by atoms with Crippen LogP contribution in [0.2, 0.25) is 0 Å². The molecule has 0 saturated heterocycles. The maximum atomic E-state index is 10.8. The van der Waals surface area contributed by atoms with Crippen LogP contribution >= 0.6 is 0 Å². The summed E-state index contributed by atoms with van der Waals surface area (Å²) >= 11 is 0. The van der Waals surface area contributed by atoms with Gasteiger partial charge in [-0.25, -0.2) is 0 Å². The molecule has 0 saturated carbocycles. The highest BCUT2D eigenvalue weighted by Gasteiger charge is 1.95. The topological polar surface area (TPSA) is 46.5 Å². The lowest BCUT2D eigenvalue weighted by Gasteiger charge is -1.99. The van der Waals surface area contributed by atoms with Crippen LogP contribution in [0.4, 0.5) is 0 Å². The third-order valence-electron chi connectivity index (χ3n) is 2.34. The van der Waals surface area contributed by atoms with Crippen molar-refractivity contribution in [1.29, 1.82) is 0 Å². The van der Waals surface area contributed by atoms with Gasteiger partial charge < -0.3 is 9.84 Å². The van der Waals surface area contributed by atoms with E-state index in [0.717, 1.165) is 12.8 Å². The SMILES string of the molecule is CCC[C@@H](O)/C=C/C=C/C=C/C#CC#CCCC(=O)OC. The molecule has 0 aromatic heterocycles. The molecule has 3 nitrogen and oxygen atoms in total. The molecular weight excluding hydrogens is 264 g/mol. The predicted octanol–water partition coefficient (Wildman–Crippen LogP) is 2.78. The molecule has 21 heavy (non-hydrogen) atoms. The van der Waals surface area contributed by atoms with Crippen molar-refractivity contribution in [2.45, 2.75) is 38.7 Å². The first kappa shape index (κ1) is 18.8. The summed E-state index contributed by atoms with van der Waals surface area (Å²) in [5, 5.41) is 9.44. The van der Waals surface area contributed by atoms with Crippen molar-refractivity contribution in [2.75, 3.05) is 7.11 Å². The highest BCUT2D eigenvalue weighted by Crippen LogP contribution is 1.97. The molecule has 0 amide bonds. The van der Waals surface area contributed by atoms with E-state index in [1.807, 2.05) is 25.2 Å². The Balaban J connectivity index is 3.89. The average molecular weight is 286 g/mol. The fourth-order valence-electron chi connectivity index (χ4n) is 1.27.